The van der Waals surface area contributed by atoms with Gasteiger partial charge in [-0.3, -0.25) is 4.79 Å². The molecule has 0 aliphatic carbocycles. The number of hydrogen-bond acceptors (Lipinski definition) is 14. The molecule has 2 aromatic rings. The van der Waals surface area contributed by atoms with Crippen LogP contribution in [0.5, 0.6) is 40.5 Å². The first-order valence-electron chi connectivity index (χ1n) is 7.24. The zero-order chi connectivity index (χ0) is 22.3. The zero-order valence-electron chi connectivity index (χ0n) is 14.2. The van der Waals surface area contributed by atoms with Crippen LogP contribution >= 0.6 is 0 Å². The third kappa shape index (κ3) is 3.78. The third-order valence-electron chi connectivity index (χ3n) is 3.20. The van der Waals surface area contributed by atoms with Crippen molar-refractivity contribution in [3.8, 4) is 40.5 Å². The van der Waals surface area contributed by atoms with Crippen molar-refractivity contribution >= 4 is 23.4 Å². The van der Waals surface area contributed by atoms with E-state index in [2.05, 4.69) is 9.47 Å². The summed E-state index contributed by atoms with van der Waals surface area (Å²) in [4.78, 5) is 34.3. The number of carbonyl (C=O) groups is 3. The van der Waals surface area contributed by atoms with Crippen molar-refractivity contribution in [2.45, 2.75) is 12.9 Å². The number of rotatable bonds is 5. The molecule has 0 saturated carbocycles. The average Bonchev–Trinajstić information content (AvgIpc) is 2.87. The maximum absolute atomic E-state index is 11.6. The number of carbonyl (C=O) groups excluding carboxylic acids is 3. The highest BCUT2D eigenvalue weighted by atomic mass is 16.7. The predicted molar refractivity (Wildman–Crippen MR) is 83.1 cm³/mol. The molecule has 0 saturated heterocycles. The summed E-state index contributed by atoms with van der Waals surface area (Å²) in [5.41, 5.74) is -0.941. The number of esters is 3. The molecule has 0 aromatic carbocycles. The quantitative estimate of drug-likeness (QED) is 0.179. The summed E-state index contributed by atoms with van der Waals surface area (Å²) in [7, 11) is 0. The third-order valence-corrected chi connectivity index (χ3v) is 3.20. The molecule has 0 spiro atoms. The second-order valence-electron chi connectivity index (χ2n) is 5.27. The predicted octanol–water partition coefficient (Wildman–Crippen LogP) is -2.88. The summed E-state index contributed by atoms with van der Waals surface area (Å²) < 4.78 is 13.8. The molecule has 2 aromatic heterocycles. The van der Waals surface area contributed by atoms with E-state index in [0.717, 1.165) is 6.92 Å². The molecule has 0 aliphatic rings. The molecule has 0 unspecified atom stereocenters. The van der Waals surface area contributed by atoms with Crippen LogP contribution in [-0.4, -0.2) is 75.7 Å². The van der Waals surface area contributed by atoms with Crippen LogP contribution in [0, 0.1) is 0 Å². The summed E-state index contributed by atoms with van der Waals surface area (Å²) >= 11 is 0. The summed E-state index contributed by atoms with van der Waals surface area (Å²) in [6.45, 7) is -0.373. The van der Waals surface area contributed by atoms with E-state index < -0.39 is 76.5 Å². The molecule has 8 N–H and O–H groups in total. The molecule has 15 heteroatoms. The van der Waals surface area contributed by atoms with Crippen LogP contribution in [0.1, 0.15) is 6.92 Å². The highest BCUT2D eigenvalue weighted by Crippen LogP contribution is 2.55. The Hall–Kier alpha value is -3.79. The Morgan fingerprint density at radius 1 is 0.862 bits per heavy atom. The number of aromatic hydroxyl groups is 4. The van der Waals surface area contributed by atoms with Crippen molar-refractivity contribution in [1.82, 2.24) is 4.40 Å². The van der Waals surface area contributed by atoms with Crippen molar-refractivity contribution in [2.75, 3.05) is 6.61 Å². The minimum Gasteiger partial charge on any atom is -0.501 e. The Morgan fingerprint density at radius 2 is 1.45 bits per heavy atom. The Morgan fingerprint density at radius 3 is 1.93 bits per heavy atom. The first kappa shape index (κ1) is 21.5. The number of aromatic nitrogens is 1. The maximum Gasteiger partial charge on any atom is 0.403 e. The molecule has 0 bridgehead atoms. The average molecular weight is 419 g/mol. The van der Waals surface area contributed by atoms with Gasteiger partial charge in [0, 0.05) is 6.92 Å². The summed E-state index contributed by atoms with van der Waals surface area (Å²) in [6, 6.07) is 0. The van der Waals surface area contributed by atoms with E-state index >= 15 is 0 Å². The van der Waals surface area contributed by atoms with Gasteiger partial charge in [-0.15, -0.1) is 0 Å². The molecule has 0 atom stereocenters. The zero-order valence-corrected chi connectivity index (χ0v) is 14.2. The lowest BCUT2D eigenvalue weighted by atomic mass is 10.3. The van der Waals surface area contributed by atoms with Gasteiger partial charge in [0.05, 0.1) is 0 Å². The molecule has 0 aliphatic heterocycles. The van der Waals surface area contributed by atoms with Gasteiger partial charge in [0.2, 0.25) is 40.5 Å². The lowest BCUT2D eigenvalue weighted by Gasteiger charge is -2.16. The number of nitrogens with zero attached hydrogens (tertiary/aromatic N) is 1. The van der Waals surface area contributed by atoms with E-state index in [0.29, 0.717) is 0 Å². The van der Waals surface area contributed by atoms with E-state index in [1.165, 1.54) is 0 Å². The fraction of sp³-hybridized carbons (Fsp3) is 0.214. The van der Waals surface area contributed by atoms with Gasteiger partial charge in [-0.05, 0) is 0 Å². The minimum atomic E-state index is -4.08. The first-order chi connectivity index (χ1) is 13.3. The molecule has 15 nitrogen and oxygen atoms in total. The monoisotopic (exact) mass is 419 g/mol. The first-order valence-corrected chi connectivity index (χ1v) is 7.24. The maximum atomic E-state index is 11.6. The number of pyridine rings is 1. The van der Waals surface area contributed by atoms with E-state index in [-0.39, 0.29) is 4.40 Å². The van der Waals surface area contributed by atoms with Gasteiger partial charge in [0.25, 0.3) is 0 Å². The molecule has 0 amide bonds. The van der Waals surface area contributed by atoms with Crippen molar-refractivity contribution in [3.63, 3.8) is 0 Å². The molecule has 29 heavy (non-hydrogen) atoms. The van der Waals surface area contributed by atoms with Gasteiger partial charge in [0.15, 0.2) is 0 Å². The van der Waals surface area contributed by atoms with E-state index in [9.17, 15) is 34.8 Å². The summed E-state index contributed by atoms with van der Waals surface area (Å²) in [6.07, 6.45) is 0. The molecular formula is C14H13NO14. The van der Waals surface area contributed by atoms with E-state index in [1.54, 1.807) is 0 Å². The van der Waals surface area contributed by atoms with E-state index in [4.69, 9.17) is 25.2 Å². The van der Waals surface area contributed by atoms with E-state index in [1.807, 2.05) is 0 Å². The van der Waals surface area contributed by atoms with Crippen molar-refractivity contribution in [1.29, 1.82) is 0 Å². The normalized spacial score (nSPS) is 11.3. The number of ether oxygens (including phenoxy) is 3. The molecule has 0 radical (unpaired) electrons. The topological polar surface area (TPSA) is 245 Å². The van der Waals surface area contributed by atoms with Gasteiger partial charge < -0.3 is 55.1 Å². The highest BCUT2D eigenvalue weighted by Gasteiger charge is 2.38. The van der Waals surface area contributed by atoms with Crippen LogP contribution < -0.4 is 14.2 Å². The van der Waals surface area contributed by atoms with Crippen molar-refractivity contribution < 1.29 is 69.4 Å². The van der Waals surface area contributed by atoms with Crippen LogP contribution in [0.15, 0.2) is 0 Å². The largest absolute Gasteiger partial charge is 0.501 e. The standard InChI is InChI=1S/C14H13NO14/c1-3(17)27-9-5-8(29-13(23)14(24,25)26)6(19)7(20)11(21)15(5)12(22)10(9)28-4(18)2-16/h16,19-22,24-26H,2H2,1H3. The fourth-order valence-corrected chi connectivity index (χ4v) is 2.09. The van der Waals surface area contributed by atoms with Crippen molar-refractivity contribution in [3.05, 3.63) is 0 Å². The van der Waals surface area contributed by atoms with Gasteiger partial charge in [-0.2, -0.15) is 0 Å². The molecule has 2 heterocycles. The van der Waals surface area contributed by atoms with Crippen molar-refractivity contribution in [2.24, 2.45) is 0 Å². The fourth-order valence-electron chi connectivity index (χ4n) is 2.09. The second kappa shape index (κ2) is 7.32. The molecular weight excluding hydrogens is 406 g/mol. The van der Waals surface area contributed by atoms with Gasteiger partial charge in [-0.1, -0.05) is 0 Å². The summed E-state index contributed by atoms with van der Waals surface area (Å²) in [5, 5.41) is 75.3. The number of aliphatic hydroxyl groups excluding tert-OH is 1. The Bertz CT molecular complexity index is 1010. The Balaban J connectivity index is 2.95. The van der Waals surface area contributed by atoms with Gasteiger partial charge >= 0.3 is 23.9 Å². The summed E-state index contributed by atoms with van der Waals surface area (Å²) in [5.74, 6) is -17.6. The van der Waals surface area contributed by atoms with Crippen LogP contribution in [0.25, 0.3) is 5.52 Å². The van der Waals surface area contributed by atoms with Crippen LogP contribution in [0.2, 0.25) is 0 Å². The number of aliphatic hydroxyl groups is 4. The lowest BCUT2D eigenvalue weighted by molar-refractivity contribution is -0.298. The second-order valence-corrected chi connectivity index (χ2v) is 5.27. The minimum absolute atomic E-state index is 0.170. The van der Waals surface area contributed by atoms with Crippen LogP contribution in [0.4, 0.5) is 0 Å². The van der Waals surface area contributed by atoms with Crippen LogP contribution in [-0.2, 0) is 14.4 Å². The molecule has 158 valence electrons. The van der Waals surface area contributed by atoms with Gasteiger partial charge in [-0.25, -0.2) is 14.0 Å². The van der Waals surface area contributed by atoms with Gasteiger partial charge in [0.1, 0.15) is 12.1 Å². The smallest absolute Gasteiger partial charge is 0.403 e. The van der Waals surface area contributed by atoms with Crippen LogP contribution in [0.3, 0.4) is 0 Å². The number of hydrogen-bond donors (Lipinski definition) is 8. The highest BCUT2D eigenvalue weighted by molar-refractivity contribution is 5.92. The lowest BCUT2D eigenvalue weighted by Crippen LogP contribution is -2.41. The Labute approximate surface area is 158 Å². The number of fused-ring (bicyclic) bond motifs is 1. The molecule has 2 rings (SSSR count). The SMILES string of the molecule is CC(=O)Oc1c(OC(=O)CO)c(O)n2c(O)c(O)c(O)c(OC(=O)C(O)(O)O)c12. The molecule has 0 fully saturated rings. The Kier molecular flexibility index (Phi) is 5.43.